The van der Waals surface area contributed by atoms with Crippen LogP contribution in [0.2, 0.25) is 0 Å². The van der Waals surface area contributed by atoms with E-state index in [2.05, 4.69) is 16.0 Å². The van der Waals surface area contributed by atoms with Crippen LogP contribution in [-0.2, 0) is 16.0 Å². The van der Waals surface area contributed by atoms with Crippen molar-refractivity contribution in [1.82, 2.24) is 9.88 Å². The predicted molar refractivity (Wildman–Crippen MR) is 136 cm³/mol. The number of aryl methyl sites for hydroxylation is 1. The van der Waals surface area contributed by atoms with Crippen molar-refractivity contribution in [3.05, 3.63) is 71.9 Å². The molecule has 0 amide bonds. The van der Waals surface area contributed by atoms with E-state index in [1.165, 1.54) is 12.7 Å². The van der Waals surface area contributed by atoms with E-state index >= 15 is 0 Å². The van der Waals surface area contributed by atoms with Gasteiger partial charge in [0.15, 0.2) is 0 Å². The normalized spacial score (nSPS) is 19.4. The number of piperidine rings is 1. The van der Waals surface area contributed by atoms with E-state index in [1.54, 1.807) is 7.11 Å². The lowest BCUT2D eigenvalue weighted by molar-refractivity contribution is -0.150. The summed E-state index contributed by atoms with van der Waals surface area (Å²) in [5.41, 5.74) is 2.93. The number of hydrogen-bond acceptors (Lipinski definition) is 5. The fraction of sp³-hybridized carbons (Fsp3) is 0.448. The number of halogens is 1. The van der Waals surface area contributed by atoms with E-state index in [0.29, 0.717) is 25.1 Å². The van der Waals surface area contributed by atoms with E-state index in [0.717, 1.165) is 48.9 Å². The number of hydrogen-bond donors (Lipinski definition) is 0. The van der Waals surface area contributed by atoms with Crippen molar-refractivity contribution in [3.8, 4) is 5.75 Å². The summed E-state index contributed by atoms with van der Waals surface area (Å²) < 4.78 is 25.2. The average molecular weight is 479 g/mol. The highest BCUT2D eigenvalue weighted by molar-refractivity contribution is 5.83. The van der Waals surface area contributed by atoms with Gasteiger partial charge in [-0.25, -0.2) is 4.39 Å². The lowest BCUT2D eigenvalue weighted by Crippen LogP contribution is -2.44. The van der Waals surface area contributed by atoms with Gasteiger partial charge in [-0.3, -0.25) is 9.78 Å². The second-order valence-corrected chi connectivity index (χ2v) is 9.39. The Balaban J connectivity index is 1.33. The van der Waals surface area contributed by atoms with E-state index in [-0.39, 0.29) is 17.8 Å². The minimum atomic E-state index is -0.987. The molecular formula is C29H35FN2O3. The maximum absolute atomic E-state index is 14.6. The molecule has 1 aromatic heterocycles. The molecule has 0 spiro atoms. The zero-order valence-corrected chi connectivity index (χ0v) is 20.7. The molecule has 5 nitrogen and oxygen atoms in total. The summed E-state index contributed by atoms with van der Waals surface area (Å²) in [6.45, 7) is 2.16. The highest BCUT2D eigenvalue weighted by Gasteiger charge is 2.34. The zero-order chi connectivity index (χ0) is 24.6. The summed E-state index contributed by atoms with van der Waals surface area (Å²) in [5, 5.41) is 1.12. The lowest BCUT2D eigenvalue weighted by atomic mass is 9.81. The first-order valence-electron chi connectivity index (χ1n) is 12.5. The Labute approximate surface area is 207 Å². The number of aromatic nitrogens is 1. The van der Waals surface area contributed by atoms with Crippen molar-refractivity contribution in [1.29, 1.82) is 0 Å². The molecule has 1 unspecified atom stereocenters. The van der Waals surface area contributed by atoms with Crippen LogP contribution in [0, 0.1) is 11.8 Å². The molecule has 2 aromatic carbocycles. The van der Waals surface area contributed by atoms with Gasteiger partial charge >= 0.3 is 5.97 Å². The number of fused-ring (bicyclic) bond motifs is 1. The van der Waals surface area contributed by atoms with Crippen LogP contribution >= 0.6 is 0 Å². The maximum atomic E-state index is 14.6. The summed E-state index contributed by atoms with van der Waals surface area (Å²) in [6, 6.07) is 17.3. The smallest absolute Gasteiger partial charge is 0.310 e. The zero-order valence-electron chi connectivity index (χ0n) is 20.7. The number of benzene rings is 2. The Hall–Kier alpha value is -2.99. The molecular weight excluding hydrogens is 443 g/mol. The number of likely N-dealkylation sites (tertiary alicyclic amines) is 1. The third kappa shape index (κ3) is 6.37. The van der Waals surface area contributed by atoms with Crippen molar-refractivity contribution in [3.63, 3.8) is 0 Å². The minimum absolute atomic E-state index is 0.154. The molecule has 0 N–H and O–H groups in total. The molecule has 0 saturated carbocycles. The molecule has 0 aliphatic carbocycles. The molecule has 0 radical (unpaired) electrons. The van der Waals surface area contributed by atoms with Gasteiger partial charge in [-0.15, -0.1) is 0 Å². The van der Waals surface area contributed by atoms with Gasteiger partial charge in [0, 0.05) is 24.7 Å². The van der Waals surface area contributed by atoms with Crippen LogP contribution < -0.4 is 4.74 Å². The molecule has 2 heterocycles. The average Bonchev–Trinajstić information content (AvgIpc) is 2.92. The Kier molecular flexibility index (Phi) is 8.69. The number of esters is 1. The second-order valence-electron chi connectivity index (χ2n) is 9.39. The van der Waals surface area contributed by atoms with Crippen LogP contribution in [-0.4, -0.2) is 49.7 Å². The molecule has 6 heteroatoms. The van der Waals surface area contributed by atoms with Crippen LogP contribution in [0.1, 0.15) is 43.0 Å². The molecule has 3 atom stereocenters. The van der Waals surface area contributed by atoms with E-state index < -0.39 is 6.17 Å². The molecule has 1 saturated heterocycles. The van der Waals surface area contributed by atoms with E-state index in [1.807, 2.05) is 54.7 Å². The standard InChI is InChI=1S/C29H35FN2O3/c1-34-24-11-12-28-25(19-24)21(13-16-31-28)9-6-10-22-14-17-32(20-26(22)29(33)35-2)18-15-27(30)23-7-4-3-5-8-23/h3-5,7-8,11-13,16,19,22,26-27H,6,9-10,14-15,17-18,20H2,1-2H3/t22-,26+,27?/m1/s1. The van der Waals surface area contributed by atoms with Crippen LogP contribution in [0.15, 0.2) is 60.8 Å². The van der Waals surface area contributed by atoms with Crippen LogP contribution in [0.3, 0.4) is 0 Å². The molecule has 3 aromatic rings. The largest absolute Gasteiger partial charge is 0.497 e. The summed E-state index contributed by atoms with van der Waals surface area (Å²) in [6.07, 6.45) is 5.08. The van der Waals surface area contributed by atoms with Crippen molar-refractivity contribution in [2.75, 3.05) is 33.9 Å². The number of rotatable bonds is 10. The Morgan fingerprint density at radius 3 is 2.77 bits per heavy atom. The molecule has 35 heavy (non-hydrogen) atoms. The first-order valence-corrected chi connectivity index (χ1v) is 12.5. The van der Waals surface area contributed by atoms with Crippen molar-refractivity contribution in [2.24, 2.45) is 11.8 Å². The van der Waals surface area contributed by atoms with E-state index in [4.69, 9.17) is 9.47 Å². The van der Waals surface area contributed by atoms with Crippen LogP contribution in [0.5, 0.6) is 5.75 Å². The van der Waals surface area contributed by atoms with Crippen LogP contribution in [0.4, 0.5) is 4.39 Å². The predicted octanol–water partition coefficient (Wildman–Crippen LogP) is 5.78. The molecule has 4 rings (SSSR count). The monoisotopic (exact) mass is 478 g/mol. The van der Waals surface area contributed by atoms with Crippen molar-refractivity contribution >= 4 is 16.9 Å². The van der Waals surface area contributed by atoms with Gasteiger partial charge in [-0.05, 0) is 80.0 Å². The molecule has 1 aliphatic rings. The number of ether oxygens (including phenoxy) is 2. The first-order chi connectivity index (χ1) is 17.1. The van der Waals surface area contributed by atoms with E-state index in [9.17, 15) is 9.18 Å². The number of alkyl halides is 1. The molecule has 0 bridgehead atoms. The van der Waals surface area contributed by atoms with Gasteiger partial charge in [-0.2, -0.15) is 0 Å². The number of carbonyl (C=O) groups is 1. The molecule has 1 fully saturated rings. The van der Waals surface area contributed by atoms with Gasteiger partial charge < -0.3 is 14.4 Å². The van der Waals surface area contributed by atoms with Gasteiger partial charge in [-0.1, -0.05) is 30.3 Å². The summed E-state index contributed by atoms with van der Waals surface area (Å²) >= 11 is 0. The van der Waals surface area contributed by atoms with Gasteiger partial charge in [0.1, 0.15) is 11.9 Å². The third-order valence-corrected chi connectivity index (χ3v) is 7.26. The van der Waals surface area contributed by atoms with Crippen molar-refractivity contribution < 1.29 is 18.7 Å². The SMILES string of the molecule is COC(=O)[C@H]1CN(CCC(F)c2ccccc2)CC[C@H]1CCCc1ccnc2ccc(OC)cc12. The lowest BCUT2D eigenvalue weighted by Gasteiger charge is -2.37. The van der Waals surface area contributed by atoms with Gasteiger partial charge in [0.05, 0.1) is 25.7 Å². The first kappa shape index (κ1) is 25.1. The minimum Gasteiger partial charge on any atom is -0.497 e. The van der Waals surface area contributed by atoms with Crippen LogP contribution in [0.25, 0.3) is 10.9 Å². The second kappa shape index (κ2) is 12.1. The topological polar surface area (TPSA) is 51.7 Å². The quantitative estimate of drug-likeness (QED) is 0.346. The summed E-state index contributed by atoms with van der Waals surface area (Å²) in [7, 11) is 3.13. The number of methoxy groups -OCH3 is 2. The number of pyridine rings is 1. The molecule has 186 valence electrons. The Bertz CT molecular complexity index is 1110. The number of nitrogens with zero attached hydrogens (tertiary/aromatic N) is 2. The maximum Gasteiger partial charge on any atom is 0.310 e. The van der Waals surface area contributed by atoms with Gasteiger partial charge in [0.25, 0.3) is 0 Å². The Morgan fingerprint density at radius 2 is 2.00 bits per heavy atom. The molecule has 1 aliphatic heterocycles. The fourth-order valence-corrected chi connectivity index (χ4v) is 5.24. The Morgan fingerprint density at radius 1 is 1.17 bits per heavy atom. The highest BCUT2D eigenvalue weighted by Crippen LogP contribution is 2.31. The summed E-state index contributed by atoms with van der Waals surface area (Å²) in [4.78, 5) is 19.3. The highest BCUT2D eigenvalue weighted by atomic mass is 19.1. The summed E-state index contributed by atoms with van der Waals surface area (Å²) in [5.74, 6) is 0.778. The number of carbonyl (C=O) groups excluding carboxylic acids is 1. The van der Waals surface area contributed by atoms with Gasteiger partial charge in [0.2, 0.25) is 0 Å². The van der Waals surface area contributed by atoms with Crippen molar-refractivity contribution in [2.45, 2.75) is 38.3 Å². The fourth-order valence-electron chi connectivity index (χ4n) is 5.24. The third-order valence-electron chi connectivity index (χ3n) is 7.26.